The minimum atomic E-state index is -0.688. The molecule has 0 unspecified atom stereocenters. The molecule has 0 aliphatic heterocycles. The van der Waals surface area contributed by atoms with Crippen LogP contribution in [0.1, 0.15) is 46.6 Å². The maximum Gasteiger partial charge on any atom is 0.334 e. The third-order valence-electron chi connectivity index (χ3n) is 3.29. The summed E-state index contributed by atoms with van der Waals surface area (Å²) < 4.78 is 10.7. The van der Waals surface area contributed by atoms with Gasteiger partial charge in [-0.15, -0.1) is 0 Å². The second-order valence-corrected chi connectivity index (χ2v) is 7.30. The summed E-state index contributed by atoms with van der Waals surface area (Å²) in [4.78, 5) is 24.7. The number of carbonyl (C=O) groups excluding carboxylic acids is 2. The molecular weight excluding hydrogens is 304 g/mol. The molecule has 0 amide bonds. The van der Waals surface area contributed by atoms with Crippen molar-refractivity contribution >= 4 is 11.9 Å². The second kappa shape index (κ2) is 8.67. The Balaban J connectivity index is 2.75. The molecule has 1 aromatic carbocycles. The Labute approximate surface area is 144 Å². The minimum absolute atomic E-state index is 0.147. The fraction of sp³-hybridized carbons (Fsp3) is 0.500. The van der Waals surface area contributed by atoms with Gasteiger partial charge in [0.1, 0.15) is 12.2 Å². The Bertz CT molecular complexity index is 567. The topological polar surface area (TPSA) is 52.6 Å². The first-order valence-electron chi connectivity index (χ1n) is 8.23. The van der Waals surface area contributed by atoms with Gasteiger partial charge in [-0.3, -0.25) is 4.79 Å². The molecule has 4 heteroatoms. The molecule has 132 valence electrons. The van der Waals surface area contributed by atoms with Crippen molar-refractivity contribution in [1.29, 1.82) is 0 Å². The predicted octanol–water partition coefficient (Wildman–Crippen LogP) is 4.29. The van der Waals surface area contributed by atoms with E-state index in [9.17, 15) is 9.59 Å². The quantitative estimate of drug-likeness (QED) is 0.552. The molecule has 0 N–H and O–H groups in total. The third-order valence-corrected chi connectivity index (χ3v) is 3.29. The molecule has 1 aromatic rings. The van der Waals surface area contributed by atoms with E-state index in [0.29, 0.717) is 6.42 Å². The van der Waals surface area contributed by atoms with Crippen LogP contribution in [-0.2, 0) is 25.7 Å². The summed E-state index contributed by atoms with van der Waals surface area (Å²) in [5.41, 5.74) is 0.422. The average Bonchev–Trinajstić information content (AvgIpc) is 2.48. The average molecular weight is 332 g/mol. The summed E-state index contributed by atoms with van der Waals surface area (Å²) in [5, 5.41) is 0. The van der Waals surface area contributed by atoms with Crippen molar-refractivity contribution in [2.75, 3.05) is 0 Å². The van der Waals surface area contributed by atoms with Crippen molar-refractivity contribution in [2.24, 2.45) is 11.8 Å². The van der Waals surface area contributed by atoms with Gasteiger partial charge >= 0.3 is 11.9 Å². The van der Waals surface area contributed by atoms with Crippen molar-refractivity contribution in [3.63, 3.8) is 0 Å². The summed E-state index contributed by atoms with van der Waals surface area (Å²) in [6, 6.07) is 9.39. The summed E-state index contributed by atoms with van der Waals surface area (Å²) in [6.45, 7) is 13.3. The van der Waals surface area contributed by atoms with E-state index in [1.807, 2.05) is 44.2 Å². The van der Waals surface area contributed by atoms with Gasteiger partial charge in [-0.1, -0.05) is 50.8 Å². The molecule has 0 saturated heterocycles. The van der Waals surface area contributed by atoms with E-state index in [2.05, 4.69) is 6.58 Å². The van der Waals surface area contributed by atoms with Gasteiger partial charge in [-0.05, 0) is 38.7 Å². The molecule has 1 atom stereocenters. The monoisotopic (exact) mass is 332 g/mol. The number of hydrogen-bond acceptors (Lipinski definition) is 4. The van der Waals surface area contributed by atoms with E-state index in [0.717, 1.165) is 5.56 Å². The fourth-order valence-corrected chi connectivity index (χ4v) is 2.18. The molecule has 0 aromatic heterocycles. The maximum absolute atomic E-state index is 12.4. The van der Waals surface area contributed by atoms with Gasteiger partial charge < -0.3 is 9.47 Å². The smallest absolute Gasteiger partial charge is 0.334 e. The van der Waals surface area contributed by atoms with Crippen molar-refractivity contribution in [3.8, 4) is 0 Å². The first-order chi connectivity index (χ1) is 11.1. The predicted molar refractivity (Wildman–Crippen MR) is 94.2 cm³/mol. The molecule has 1 rings (SSSR count). The Morgan fingerprint density at radius 1 is 1.12 bits per heavy atom. The van der Waals surface area contributed by atoms with Crippen LogP contribution in [-0.4, -0.2) is 17.5 Å². The van der Waals surface area contributed by atoms with Crippen LogP contribution in [0, 0.1) is 11.8 Å². The zero-order chi connectivity index (χ0) is 18.3. The Kier molecular flexibility index (Phi) is 7.20. The summed E-state index contributed by atoms with van der Waals surface area (Å²) in [5.74, 6) is -1.46. The molecule has 0 aliphatic rings. The van der Waals surface area contributed by atoms with E-state index in [1.165, 1.54) is 0 Å². The van der Waals surface area contributed by atoms with Crippen molar-refractivity contribution in [3.05, 3.63) is 48.0 Å². The minimum Gasteiger partial charge on any atom is -0.459 e. The number of esters is 2. The molecule has 0 spiro atoms. The highest BCUT2D eigenvalue weighted by Gasteiger charge is 2.31. The number of hydrogen-bond donors (Lipinski definition) is 0. The molecule has 4 nitrogen and oxygen atoms in total. The zero-order valence-electron chi connectivity index (χ0n) is 15.3. The van der Waals surface area contributed by atoms with Gasteiger partial charge in [0.05, 0.1) is 5.92 Å². The van der Waals surface area contributed by atoms with Crippen LogP contribution in [0.15, 0.2) is 42.5 Å². The molecule has 0 heterocycles. The molecule has 0 fully saturated rings. The van der Waals surface area contributed by atoms with Crippen LogP contribution >= 0.6 is 0 Å². The van der Waals surface area contributed by atoms with E-state index in [4.69, 9.17) is 9.47 Å². The Morgan fingerprint density at radius 3 is 2.21 bits per heavy atom. The first-order valence-corrected chi connectivity index (χ1v) is 8.23. The molecule has 24 heavy (non-hydrogen) atoms. The van der Waals surface area contributed by atoms with E-state index < -0.39 is 23.5 Å². The van der Waals surface area contributed by atoms with Gasteiger partial charge in [-0.25, -0.2) is 4.79 Å². The highest BCUT2D eigenvalue weighted by molar-refractivity contribution is 5.95. The molecule has 0 bridgehead atoms. The molecule has 0 saturated carbocycles. The van der Waals surface area contributed by atoms with Crippen LogP contribution in [0.5, 0.6) is 0 Å². The van der Waals surface area contributed by atoms with Crippen LogP contribution in [0.3, 0.4) is 0 Å². The fourth-order valence-electron chi connectivity index (χ4n) is 2.18. The summed E-state index contributed by atoms with van der Waals surface area (Å²) in [7, 11) is 0. The zero-order valence-corrected chi connectivity index (χ0v) is 15.3. The SMILES string of the molecule is C=C(C(=O)OCc1ccccc1)[C@@H](CC(C)C)C(=O)OC(C)(C)C. The van der Waals surface area contributed by atoms with Gasteiger partial charge in [0.25, 0.3) is 0 Å². The summed E-state index contributed by atoms with van der Waals surface area (Å²) in [6.07, 6.45) is 0.494. The Morgan fingerprint density at radius 2 is 1.71 bits per heavy atom. The molecule has 0 aliphatic carbocycles. The lowest BCUT2D eigenvalue weighted by atomic mass is 9.90. The number of benzene rings is 1. The highest BCUT2D eigenvalue weighted by Crippen LogP contribution is 2.24. The third kappa shape index (κ3) is 6.99. The van der Waals surface area contributed by atoms with Crippen molar-refractivity contribution in [2.45, 2.75) is 53.2 Å². The van der Waals surface area contributed by atoms with Gasteiger partial charge in [0.15, 0.2) is 0 Å². The second-order valence-electron chi connectivity index (χ2n) is 7.30. The summed E-state index contributed by atoms with van der Waals surface area (Å²) >= 11 is 0. The standard InChI is InChI=1S/C20H28O4/c1-14(2)12-17(19(22)24-20(4,5)6)15(3)18(21)23-13-16-10-8-7-9-11-16/h7-11,14,17H,3,12-13H2,1-2,4-6H3/t17-/m1/s1. The van der Waals surface area contributed by atoms with Crippen molar-refractivity contribution in [1.82, 2.24) is 0 Å². The largest absolute Gasteiger partial charge is 0.459 e. The lowest BCUT2D eigenvalue weighted by molar-refractivity contribution is -0.161. The van der Waals surface area contributed by atoms with Crippen LogP contribution in [0.2, 0.25) is 0 Å². The normalized spacial score (nSPS) is 12.6. The Hall–Kier alpha value is -2.10. The van der Waals surface area contributed by atoms with Crippen LogP contribution in [0.4, 0.5) is 0 Å². The first kappa shape index (κ1) is 19.9. The van der Waals surface area contributed by atoms with Crippen molar-refractivity contribution < 1.29 is 19.1 Å². The van der Waals surface area contributed by atoms with Gasteiger partial charge in [-0.2, -0.15) is 0 Å². The van der Waals surface area contributed by atoms with E-state index in [-0.39, 0.29) is 18.1 Å². The number of carbonyl (C=O) groups is 2. The van der Waals surface area contributed by atoms with Crippen LogP contribution < -0.4 is 0 Å². The molecular formula is C20H28O4. The lowest BCUT2D eigenvalue weighted by Gasteiger charge is -2.25. The van der Waals surface area contributed by atoms with E-state index in [1.54, 1.807) is 20.8 Å². The lowest BCUT2D eigenvalue weighted by Crippen LogP contribution is -2.32. The van der Waals surface area contributed by atoms with Crippen LogP contribution in [0.25, 0.3) is 0 Å². The highest BCUT2D eigenvalue weighted by atomic mass is 16.6. The number of ether oxygens (including phenoxy) is 2. The van der Waals surface area contributed by atoms with E-state index >= 15 is 0 Å². The maximum atomic E-state index is 12.4. The van der Waals surface area contributed by atoms with Gasteiger partial charge in [0.2, 0.25) is 0 Å². The molecule has 0 radical (unpaired) electrons. The van der Waals surface area contributed by atoms with Gasteiger partial charge in [0, 0.05) is 5.57 Å². The number of rotatable bonds is 7.